The van der Waals surface area contributed by atoms with Crippen LogP contribution in [-0.4, -0.2) is 52.0 Å². The van der Waals surface area contributed by atoms with E-state index in [0.29, 0.717) is 12.1 Å². The molecule has 0 spiro atoms. The Morgan fingerprint density at radius 2 is 1.81 bits per heavy atom. The minimum atomic E-state index is -1.15. The standard InChI is InChI=1S/C14H25N3O4/c1-8-4-5-9(2)17(8)10(3)13(19)16-11(14(20)21)6-7-12(15)18/h8-11H,4-7H2,1-3H3,(H2,15,18)(H,16,19)(H,20,21)/t8?,9?,10?,11-/m1/s1. The molecule has 3 unspecified atom stereocenters. The number of carbonyl (C=O) groups excluding carboxylic acids is 2. The summed E-state index contributed by atoms with van der Waals surface area (Å²) >= 11 is 0. The minimum Gasteiger partial charge on any atom is -0.480 e. The molecule has 0 bridgehead atoms. The SMILES string of the molecule is CC1CCC(C)N1C(C)C(=O)N[C@H](CCC(N)=O)C(=O)O. The van der Waals surface area contributed by atoms with Gasteiger partial charge < -0.3 is 16.2 Å². The number of carbonyl (C=O) groups is 3. The summed E-state index contributed by atoms with van der Waals surface area (Å²) < 4.78 is 0. The highest BCUT2D eigenvalue weighted by Crippen LogP contribution is 2.25. The van der Waals surface area contributed by atoms with E-state index in [1.807, 2.05) is 0 Å². The maximum absolute atomic E-state index is 12.2. The van der Waals surface area contributed by atoms with Crippen molar-refractivity contribution >= 4 is 17.8 Å². The Hall–Kier alpha value is -1.63. The van der Waals surface area contributed by atoms with Gasteiger partial charge in [0.05, 0.1) is 6.04 Å². The first-order valence-corrected chi connectivity index (χ1v) is 7.33. The maximum atomic E-state index is 12.2. The molecule has 1 rings (SSSR count). The number of hydrogen-bond donors (Lipinski definition) is 3. The van der Waals surface area contributed by atoms with Crippen LogP contribution in [0.4, 0.5) is 0 Å². The van der Waals surface area contributed by atoms with Crippen molar-refractivity contribution in [1.29, 1.82) is 0 Å². The molecule has 1 heterocycles. The molecule has 0 aromatic rings. The molecule has 4 N–H and O–H groups in total. The summed E-state index contributed by atoms with van der Waals surface area (Å²) in [7, 11) is 0. The Morgan fingerprint density at radius 1 is 1.29 bits per heavy atom. The van der Waals surface area contributed by atoms with Gasteiger partial charge in [0.1, 0.15) is 6.04 Å². The molecule has 21 heavy (non-hydrogen) atoms. The lowest BCUT2D eigenvalue weighted by Gasteiger charge is -2.32. The van der Waals surface area contributed by atoms with Crippen LogP contribution in [0, 0.1) is 0 Å². The molecule has 7 heteroatoms. The monoisotopic (exact) mass is 299 g/mol. The summed E-state index contributed by atoms with van der Waals surface area (Å²) in [6.45, 7) is 5.91. The largest absolute Gasteiger partial charge is 0.480 e. The van der Waals surface area contributed by atoms with Crippen molar-refractivity contribution in [3.63, 3.8) is 0 Å². The molecule has 1 aliphatic heterocycles. The van der Waals surface area contributed by atoms with Crippen molar-refractivity contribution in [2.45, 2.75) is 70.6 Å². The van der Waals surface area contributed by atoms with Crippen LogP contribution in [0.2, 0.25) is 0 Å². The van der Waals surface area contributed by atoms with Crippen LogP contribution < -0.4 is 11.1 Å². The number of nitrogens with one attached hydrogen (secondary N) is 1. The van der Waals surface area contributed by atoms with E-state index in [2.05, 4.69) is 24.1 Å². The summed E-state index contributed by atoms with van der Waals surface area (Å²) in [6, 6.07) is -0.877. The number of hydrogen-bond acceptors (Lipinski definition) is 4. The van der Waals surface area contributed by atoms with E-state index in [-0.39, 0.29) is 18.7 Å². The van der Waals surface area contributed by atoms with Crippen LogP contribution in [0.3, 0.4) is 0 Å². The second-order valence-electron chi connectivity index (χ2n) is 5.80. The zero-order valence-corrected chi connectivity index (χ0v) is 12.8. The second-order valence-corrected chi connectivity index (χ2v) is 5.80. The predicted octanol–water partition coefficient (Wildman–Crippen LogP) is 0.0826. The number of carboxylic acid groups (broad SMARTS) is 1. The fourth-order valence-electron chi connectivity index (χ4n) is 2.95. The number of amides is 2. The van der Waals surface area contributed by atoms with Crippen LogP contribution in [0.25, 0.3) is 0 Å². The fraction of sp³-hybridized carbons (Fsp3) is 0.786. The third-order valence-electron chi connectivity index (χ3n) is 4.14. The van der Waals surface area contributed by atoms with Crippen LogP contribution in [0.5, 0.6) is 0 Å². The van der Waals surface area contributed by atoms with Gasteiger partial charge in [0.2, 0.25) is 11.8 Å². The minimum absolute atomic E-state index is 0.00817. The van der Waals surface area contributed by atoms with Gasteiger partial charge in [-0.25, -0.2) is 4.79 Å². The Labute approximate surface area is 124 Å². The van der Waals surface area contributed by atoms with Crippen LogP contribution >= 0.6 is 0 Å². The van der Waals surface area contributed by atoms with E-state index in [4.69, 9.17) is 10.8 Å². The van der Waals surface area contributed by atoms with E-state index >= 15 is 0 Å². The molecule has 2 amide bonds. The summed E-state index contributed by atoms with van der Waals surface area (Å²) in [4.78, 5) is 36.2. The first-order valence-electron chi connectivity index (χ1n) is 7.33. The molecule has 0 saturated carbocycles. The fourth-order valence-corrected chi connectivity index (χ4v) is 2.95. The van der Waals surface area contributed by atoms with Crippen molar-refractivity contribution in [2.75, 3.05) is 0 Å². The lowest BCUT2D eigenvalue weighted by molar-refractivity contribution is -0.143. The van der Waals surface area contributed by atoms with Crippen molar-refractivity contribution in [1.82, 2.24) is 10.2 Å². The third-order valence-corrected chi connectivity index (χ3v) is 4.14. The molecular weight excluding hydrogens is 274 g/mol. The van der Waals surface area contributed by atoms with Gasteiger partial charge in [0.25, 0.3) is 0 Å². The topological polar surface area (TPSA) is 113 Å². The van der Waals surface area contributed by atoms with Crippen molar-refractivity contribution < 1.29 is 19.5 Å². The number of rotatable bonds is 7. The van der Waals surface area contributed by atoms with Crippen molar-refractivity contribution in [2.24, 2.45) is 5.73 Å². The molecule has 1 fully saturated rings. The third kappa shape index (κ3) is 4.70. The Kier molecular flexibility index (Phi) is 6.14. The number of primary amides is 1. The van der Waals surface area contributed by atoms with Gasteiger partial charge in [0, 0.05) is 18.5 Å². The molecule has 120 valence electrons. The van der Waals surface area contributed by atoms with Crippen LogP contribution in [0.1, 0.15) is 46.5 Å². The van der Waals surface area contributed by atoms with Gasteiger partial charge in [0.15, 0.2) is 0 Å². The van der Waals surface area contributed by atoms with Gasteiger partial charge in [-0.3, -0.25) is 14.5 Å². The average Bonchev–Trinajstić information content (AvgIpc) is 2.72. The molecule has 0 aromatic carbocycles. The van der Waals surface area contributed by atoms with E-state index < -0.39 is 24.0 Å². The van der Waals surface area contributed by atoms with Crippen LogP contribution in [-0.2, 0) is 14.4 Å². The zero-order valence-electron chi connectivity index (χ0n) is 12.8. The molecular formula is C14H25N3O4. The van der Waals surface area contributed by atoms with Crippen LogP contribution in [0.15, 0.2) is 0 Å². The highest BCUT2D eigenvalue weighted by atomic mass is 16.4. The highest BCUT2D eigenvalue weighted by Gasteiger charge is 2.35. The van der Waals surface area contributed by atoms with E-state index in [1.54, 1.807) is 6.92 Å². The summed E-state index contributed by atoms with van der Waals surface area (Å²) in [5, 5.41) is 11.6. The first kappa shape index (κ1) is 17.4. The van der Waals surface area contributed by atoms with E-state index in [0.717, 1.165) is 12.8 Å². The summed E-state index contributed by atoms with van der Waals surface area (Å²) in [5.41, 5.74) is 5.01. The molecule has 0 aromatic heterocycles. The van der Waals surface area contributed by atoms with E-state index in [9.17, 15) is 14.4 Å². The summed E-state index contributed by atoms with van der Waals surface area (Å²) in [5.74, 6) is -2.06. The molecule has 7 nitrogen and oxygen atoms in total. The molecule has 1 aliphatic rings. The normalized spacial score (nSPS) is 25.3. The second kappa shape index (κ2) is 7.40. The molecule has 0 aliphatic carbocycles. The van der Waals surface area contributed by atoms with Crippen molar-refractivity contribution in [3.8, 4) is 0 Å². The summed E-state index contributed by atoms with van der Waals surface area (Å²) in [6.07, 6.45) is 2.00. The van der Waals surface area contributed by atoms with Gasteiger partial charge >= 0.3 is 5.97 Å². The number of aliphatic carboxylic acids is 1. The predicted molar refractivity (Wildman–Crippen MR) is 77.5 cm³/mol. The Balaban J connectivity index is 2.63. The van der Waals surface area contributed by atoms with Gasteiger partial charge in [-0.1, -0.05) is 0 Å². The quantitative estimate of drug-likeness (QED) is 0.616. The zero-order chi connectivity index (χ0) is 16.2. The molecule has 1 saturated heterocycles. The lowest BCUT2D eigenvalue weighted by atomic mass is 10.1. The number of likely N-dealkylation sites (tertiary alicyclic amines) is 1. The van der Waals surface area contributed by atoms with Gasteiger partial charge in [-0.15, -0.1) is 0 Å². The lowest BCUT2D eigenvalue weighted by Crippen LogP contribution is -2.53. The highest BCUT2D eigenvalue weighted by molar-refractivity contribution is 5.87. The first-order chi connectivity index (χ1) is 9.73. The number of nitrogens with two attached hydrogens (primary N) is 1. The number of nitrogens with zero attached hydrogens (tertiary/aromatic N) is 1. The van der Waals surface area contributed by atoms with Gasteiger partial charge in [-0.2, -0.15) is 0 Å². The maximum Gasteiger partial charge on any atom is 0.326 e. The smallest absolute Gasteiger partial charge is 0.326 e. The average molecular weight is 299 g/mol. The van der Waals surface area contributed by atoms with Crippen molar-refractivity contribution in [3.05, 3.63) is 0 Å². The molecule has 0 radical (unpaired) electrons. The number of carboxylic acids is 1. The van der Waals surface area contributed by atoms with E-state index in [1.165, 1.54) is 0 Å². The Morgan fingerprint density at radius 3 is 2.24 bits per heavy atom. The van der Waals surface area contributed by atoms with Gasteiger partial charge in [-0.05, 0) is 40.0 Å². The molecule has 4 atom stereocenters. The Bertz CT molecular complexity index is 403.